The molecule has 0 atom stereocenters. The first-order valence-electron chi connectivity index (χ1n) is 6.40. The van der Waals surface area contributed by atoms with Crippen molar-refractivity contribution in [2.75, 3.05) is 7.05 Å². The molecule has 0 bridgehead atoms. The number of nitrogens with one attached hydrogen (secondary N) is 2. The Hall–Kier alpha value is -1.05. The van der Waals surface area contributed by atoms with E-state index in [0.29, 0.717) is 19.1 Å². The number of hydrogen-bond acceptors (Lipinski definition) is 2. The lowest BCUT2D eigenvalue weighted by atomic mass is 10.2. The van der Waals surface area contributed by atoms with Gasteiger partial charge in [0, 0.05) is 37.9 Å². The molecule has 1 fully saturated rings. The van der Waals surface area contributed by atoms with Crippen LogP contribution in [0.3, 0.4) is 0 Å². The molecule has 1 aliphatic carbocycles. The van der Waals surface area contributed by atoms with Crippen LogP contribution < -0.4 is 16.2 Å². The van der Waals surface area contributed by atoms with Crippen LogP contribution in [-0.4, -0.2) is 23.6 Å². The van der Waals surface area contributed by atoms with Crippen LogP contribution >= 0.6 is 24.0 Å². The Labute approximate surface area is 130 Å². The van der Waals surface area contributed by atoms with Crippen molar-refractivity contribution >= 4 is 29.9 Å². The van der Waals surface area contributed by atoms with Gasteiger partial charge in [0.25, 0.3) is 5.56 Å². The summed E-state index contributed by atoms with van der Waals surface area (Å²) >= 11 is 0. The third kappa shape index (κ3) is 4.52. The lowest BCUT2D eigenvalue weighted by Crippen LogP contribution is -2.39. The maximum atomic E-state index is 12.0. The molecule has 0 aromatic carbocycles. The lowest BCUT2D eigenvalue weighted by molar-refractivity contribution is 0.705. The summed E-state index contributed by atoms with van der Waals surface area (Å²) in [4.78, 5) is 16.1. The first-order chi connectivity index (χ1) is 8.74. The van der Waals surface area contributed by atoms with Crippen LogP contribution in [-0.2, 0) is 13.1 Å². The number of aryl methyl sites for hydroxylation is 1. The van der Waals surface area contributed by atoms with Crippen molar-refractivity contribution in [1.82, 2.24) is 15.2 Å². The van der Waals surface area contributed by atoms with Crippen LogP contribution in [0.1, 0.15) is 25.3 Å². The summed E-state index contributed by atoms with van der Waals surface area (Å²) in [5.41, 5.74) is 0.826. The number of hydrogen-bond donors (Lipinski definition) is 2. The third-order valence-corrected chi connectivity index (χ3v) is 3.03. The molecule has 0 aliphatic heterocycles. The van der Waals surface area contributed by atoms with Crippen molar-refractivity contribution in [3.63, 3.8) is 0 Å². The zero-order chi connectivity index (χ0) is 13.0. The van der Waals surface area contributed by atoms with Gasteiger partial charge in [0.15, 0.2) is 5.96 Å². The minimum atomic E-state index is 0. The molecule has 6 heteroatoms. The normalized spacial score (nSPS) is 14.7. The molecule has 0 unspecified atom stereocenters. The van der Waals surface area contributed by atoms with Crippen molar-refractivity contribution in [3.05, 3.63) is 34.2 Å². The second-order valence-corrected chi connectivity index (χ2v) is 4.47. The summed E-state index contributed by atoms with van der Waals surface area (Å²) in [5.74, 6) is 0.767. The molecule has 0 amide bonds. The van der Waals surface area contributed by atoms with Crippen LogP contribution in [0.2, 0.25) is 0 Å². The van der Waals surface area contributed by atoms with E-state index in [-0.39, 0.29) is 29.5 Å². The summed E-state index contributed by atoms with van der Waals surface area (Å²) in [6, 6.07) is 4.31. The highest BCUT2D eigenvalue weighted by Gasteiger charge is 2.22. The van der Waals surface area contributed by atoms with E-state index in [1.54, 1.807) is 11.6 Å². The summed E-state index contributed by atoms with van der Waals surface area (Å²) in [6.45, 7) is 3.17. The van der Waals surface area contributed by atoms with Gasteiger partial charge in [-0.15, -0.1) is 24.0 Å². The minimum absolute atomic E-state index is 0. The number of pyridine rings is 1. The van der Waals surface area contributed by atoms with Crippen molar-refractivity contribution < 1.29 is 0 Å². The molecule has 19 heavy (non-hydrogen) atoms. The van der Waals surface area contributed by atoms with Crippen molar-refractivity contribution in [2.45, 2.75) is 38.9 Å². The van der Waals surface area contributed by atoms with E-state index in [1.165, 1.54) is 12.8 Å². The Morgan fingerprint density at radius 1 is 1.53 bits per heavy atom. The SMILES string of the molecule is CCn1cccc(CNC(=NC)NC2CC2)c1=O.I. The van der Waals surface area contributed by atoms with Gasteiger partial charge in [-0.3, -0.25) is 9.79 Å². The van der Waals surface area contributed by atoms with Gasteiger partial charge in [0.05, 0.1) is 0 Å². The van der Waals surface area contributed by atoms with Crippen molar-refractivity contribution in [3.8, 4) is 0 Å². The fraction of sp³-hybridized carbons (Fsp3) is 0.538. The second kappa shape index (κ2) is 7.52. The summed E-state index contributed by atoms with van der Waals surface area (Å²) < 4.78 is 1.70. The predicted molar refractivity (Wildman–Crippen MR) is 88.1 cm³/mol. The maximum Gasteiger partial charge on any atom is 0.255 e. The molecule has 1 aliphatic rings. The highest BCUT2D eigenvalue weighted by atomic mass is 127. The van der Waals surface area contributed by atoms with Gasteiger partial charge in [-0.2, -0.15) is 0 Å². The standard InChI is InChI=1S/C13H20N4O.HI/c1-3-17-8-4-5-10(12(17)18)9-15-13(14-2)16-11-6-7-11;/h4-5,8,11H,3,6-7,9H2,1-2H3,(H2,14,15,16);1H. The van der Waals surface area contributed by atoms with E-state index in [1.807, 2.05) is 25.3 Å². The largest absolute Gasteiger partial charge is 0.354 e. The predicted octanol–water partition coefficient (Wildman–Crippen LogP) is 1.31. The Balaban J connectivity index is 0.00000180. The molecule has 106 valence electrons. The quantitative estimate of drug-likeness (QED) is 0.474. The average Bonchev–Trinajstić information content (AvgIpc) is 3.19. The molecule has 5 nitrogen and oxygen atoms in total. The summed E-state index contributed by atoms with van der Waals surface area (Å²) in [6.07, 6.45) is 4.21. The number of aliphatic imine (C=N–C) groups is 1. The van der Waals surface area contributed by atoms with Gasteiger partial charge in [0.1, 0.15) is 0 Å². The fourth-order valence-electron chi connectivity index (χ4n) is 1.76. The van der Waals surface area contributed by atoms with Crippen molar-refractivity contribution in [2.24, 2.45) is 4.99 Å². The molecule has 1 aromatic heterocycles. The van der Waals surface area contributed by atoms with E-state index in [0.717, 1.165) is 11.5 Å². The van der Waals surface area contributed by atoms with Gasteiger partial charge < -0.3 is 15.2 Å². The van der Waals surface area contributed by atoms with Crippen molar-refractivity contribution in [1.29, 1.82) is 0 Å². The lowest BCUT2D eigenvalue weighted by Gasteiger charge is -2.11. The van der Waals surface area contributed by atoms with E-state index in [9.17, 15) is 4.79 Å². The Morgan fingerprint density at radius 3 is 2.84 bits per heavy atom. The molecule has 1 aromatic rings. The number of guanidine groups is 1. The number of nitrogens with zero attached hydrogens (tertiary/aromatic N) is 2. The molecule has 0 radical (unpaired) electrons. The summed E-state index contributed by atoms with van der Waals surface area (Å²) in [5, 5.41) is 6.46. The second-order valence-electron chi connectivity index (χ2n) is 4.47. The Kier molecular flexibility index (Phi) is 6.33. The molecule has 1 saturated carbocycles. The monoisotopic (exact) mass is 376 g/mol. The molecular formula is C13H21IN4O. The number of halogens is 1. The number of rotatable bonds is 4. The van der Waals surface area contributed by atoms with Gasteiger partial charge >= 0.3 is 0 Å². The first kappa shape index (κ1) is 16.0. The van der Waals surface area contributed by atoms with E-state index in [2.05, 4.69) is 15.6 Å². The van der Waals surface area contributed by atoms with Crippen LogP contribution in [0.15, 0.2) is 28.1 Å². The fourth-order valence-corrected chi connectivity index (χ4v) is 1.76. The van der Waals surface area contributed by atoms with E-state index < -0.39 is 0 Å². The molecule has 0 spiro atoms. The Bertz CT molecular complexity index is 494. The molecule has 2 N–H and O–H groups in total. The minimum Gasteiger partial charge on any atom is -0.354 e. The van der Waals surface area contributed by atoms with Crippen LogP contribution in [0, 0.1) is 0 Å². The highest BCUT2D eigenvalue weighted by Crippen LogP contribution is 2.18. The van der Waals surface area contributed by atoms with Gasteiger partial charge in [0.2, 0.25) is 0 Å². The molecule has 1 heterocycles. The molecule has 2 rings (SSSR count). The highest BCUT2D eigenvalue weighted by molar-refractivity contribution is 14.0. The van der Waals surface area contributed by atoms with Gasteiger partial charge in [-0.05, 0) is 25.8 Å². The average molecular weight is 376 g/mol. The van der Waals surface area contributed by atoms with E-state index in [4.69, 9.17) is 0 Å². The number of aromatic nitrogens is 1. The third-order valence-electron chi connectivity index (χ3n) is 3.03. The van der Waals surface area contributed by atoms with Crippen LogP contribution in [0.5, 0.6) is 0 Å². The van der Waals surface area contributed by atoms with Crippen LogP contribution in [0.4, 0.5) is 0 Å². The van der Waals surface area contributed by atoms with Gasteiger partial charge in [-0.25, -0.2) is 0 Å². The zero-order valence-corrected chi connectivity index (χ0v) is 13.7. The van der Waals surface area contributed by atoms with Crippen LogP contribution in [0.25, 0.3) is 0 Å². The summed E-state index contributed by atoms with van der Waals surface area (Å²) in [7, 11) is 1.74. The van der Waals surface area contributed by atoms with Gasteiger partial charge in [-0.1, -0.05) is 6.07 Å². The first-order valence-corrected chi connectivity index (χ1v) is 6.40. The Morgan fingerprint density at radius 2 is 2.26 bits per heavy atom. The molecule has 0 saturated heterocycles. The molecular weight excluding hydrogens is 355 g/mol. The topological polar surface area (TPSA) is 58.4 Å². The zero-order valence-electron chi connectivity index (χ0n) is 11.3. The smallest absolute Gasteiger partial charge is 0.255 e. The maximum absolute atomic E-state index is 12.0. The van der Waals surface area contributed by atoms with E-state index >= 15 is 0 Å².